The first-order valence-corrected chi connectivity index (χ1v) is 8.30. The van der Waals surface area contributed by atoms with Gasteiger partial charge in [0.15, 0.2) is 0 Å². The van der Waals surface area contributed by atoms with Gasteiger partial charge in [-0.1, -0.05) is 0 Å². The van der Waals surface area contributed by atoms with E-state index in [1.165, 1.54) is 6.92 Å². The predicted molar refractivity (Wildman–Crippen MR) is 90.3 cm³/mol. The third-order valence-corrected chi connectivity index (χ3v) is 5.04. The summed E-state index contributed by atoms with van der Waals surface area (Å²) in [7, 11) is 1.64. The second-order valence-corrected chi connectivity index (χ2v) is 6.72. The van der Waals surface area contributed by atoms with Gasteiger partial charge in [0.1, 0.15) is 5.75 Å². The molecule has 0 aliphatic heterocycles. The van der Waals surface area contributed by atoms with Crippen LogP contribution in [0.25, 0.3) is 10.9 Å². The minimum Gasteiger partial charge on any atom is -0.496 e. The summed E-state index contributed by atoms with van der Waals surface area (Å²) in [6, 6.07) is 1.91. The topological polar surface area (TPSA) is 54.1 Å². The number of benzene rings is 1. The first-order valence-electron chi connectivity index (χ1n) is 5.92. The summed E-state index contributed by atoms with van der Waals surface area (Å²) in [4.78, 5) is 14.3. The molecule has 0 fully saturated rings. The lowest BCUT2D eigenvalue weighted by Gasteiger charge is -2.08. The quantitative estimate of drug-likeness (QED) is 0.708. The summed E-state index contributed by atoms with van der Waals surface area (Å²) in [6.45, 7) is 2.10. The molecule has 108 valence electrons. The van der Waals surface area contributed by atoms with Crippen molar-refractivity contribution in [3.8, 4) is 5.75 Å². The van der Waals surface area contributed by atoms with Gasteiger partial charge in [-0.05, 0) is 65.8 Å². The number of hydrogen-bond acceptors (Lipinski definition) is 2. The zero-order valence-corrected chi connectivity index (χ0v) is 15.7. The maximum atomic E-state index is 11.0. The Hall–Kier alpha value is -0.530. The van der Waals surface area contributed by atoms with Crippen molar-refractivity contribution < 1.29 is 9.53 Å². The Labute approximate surface area is 142 Å². The van der Waals surface area contributed by atoms with Crippen LogP contribution in [0.4, 0.5) is 0 Å². The van der Waals surface area contributed by atoms with Crippen LogP contribution in [0.2, 0.25) is 0 Å². The van der Waals surface area contributed by atoms with Gasteiger partial charge in [-0.2, -0.15) is 0 Å². The average molecular weight is 469 g/mol. The smallest absolute Gasteiger partial charge is 0.216 e. The van der Waals surface area contributed by atoms with Crippen molar-refractivity contribution in [3.63, 3.8) is 0 Å². The number of ether oxygens (including phenoxy) is 1. The molecular formula is C13H13Br3N2O2. The second kappa shape index (κ2) is 6.49. The number of halogens is 3. The second-order valence-electron chi connectivity index (χ2n) is 4.28. The molecule has 0 saturated heterocycles. The lowest BCUT2D eigenvalue weighted by Crippen LogP contribution is -2.22. The molecule has 0 aliphatic rings. The Bertz CT molecular complexity index is 667. The highest BCUT2D eigenvalue weighted by atomic mass is 79.9. The molecule has 1 heterocycles. The summed E-state index contributed by atoms with van der Waals surface area (Å²) >= 11 is 10.7. The van der Waals surface area contributed by atoms with Gasteiger partial charge in [0.05, 0.1) is 21.7 Å². The highest BCUT2D eigenvalue weighted by molar-refractivity contribution is 9.11. The number of H-pyrrole nitrogens is 1. The SMILES string of the molecule is COc1cc(Br)c2[nH]c(Br)c(CCNC(C)=O)c2c1Br. The molecule has 4 nitrogen and oxygen atoms in total. The Morgan fingerprint density at radius 2 is 2.10 bits per heavy atom. The van der Waals surface area contributed by atoms with E-state index in [-0.39, 0.29) is 5.91 Å². The van der Waals surface area contributed by atoms with Crippen molar-refractivity contribution in [2.45, 2.75) is 13.3 Å². The average Bonchev–Trinajstić information content (AvgIpc) is 2.72. The van der Waals surface area contributed by atoms with E-state index >= 15 is 0 Å². The summed E-state index contributed by atoms with van der Waals surface area (Å²) in [6.07, 6.45) is 0.721. The van der Waals surface area contributed by atoms with E-state index in [9.17, 15) is 4.79 Å². The molecule has 1 amide bonds. The van der Waals surface area contributed by atoms with Crippen molar-refractivity contribution in [3.05, 3.63) is 25.2 Å². The molecule has 1 aromatic heterocycles. The van der Waals surface area contributed by atoms with E-state index in [0.717, 1.165) is 42.2 Å². The largest absolute Gasteiger partial charge is 0.496 e. The number of nitrogens with one attached hydrogen (secondary N) is 2. The van der Waals surface area contributed by atoms with Crippen molar-refractivity contribution in [2.24, 2.45) is 0 Å². The van der Waals surface area contributed by atoms with Crippen molar-refractivity contribution in [2.75, 3.05) is 13.7 Å². The number of methoxy groups -OCH3 is 1. The van der Waals surface area contributed by atoms with Crippen LogP contribution in [-0.2, 0) is 11.2 Å². The zero-order valence-electron chi connectivity index (χ0n) is 10.9. The minimum atomic E-state index is -0.0289. The number of amides is 1. The minimum absolute atomic E-state index is 0.0289. The van der Waals surface area contributed by atoms with E-state index in [0.29, 0.717) is 6.54 Å². The summed E-state index contributed by atoms with van der Waals surface area (Å²) in [5.41, 5.74) is 2.09. The number of fused-ring (bicyclic) bond motifs is 1. The van der Waals surface area contributed by atoms with Crippen molar-refractivity contribution in [1.29, 1.82) is 0 Å². The first kappa shape index (κ1) is 15.9. The maximum absolute atomic E-state index is 11.0. The lowest BCUT2D eigenvalue weighted by atomic mass is 10.1. The van der Waals surface area contributed by atoms with Crippen LogP contribution >= 0.6 is 47.8 Å². The molecule has 1 aromatic carbocycles. The van der Waals surface area contributed by atoms with Crippen molar-refractivity contribution in [1.82, 2.24) is 10.3 Å². The highest BCUT2D eigenvalue weighted by Gasteiger charge is 2.18. The van der Waals surface area contributed by atoms with E-state index in [2.05, 4.69) is 58.1 Å². The third-order valence-electron chi connectivity index (χ3n) is 2.95. The Morgan fingerprint density at radius 1 is 1.40 bits per heavy atom. The van der Waals surface area contributed by atoms with Gasteiger partial charge in [0.2, 0.25) is 5.91 Å². The van der Waals surface area contributed by atoms with Crippen LogP contribution in [0.15, 0.2) is 19.6 Å². The third kappa shape index (κ3) is 3.04. The van der Waals surface area contributed by atoms with Gasteiger partial charge in [-0.15, -0.1) is 0 Å². The highest BCUT2D eigenvalue weighted by Crippen LogP contribution is 2.42. The number of carbonyl (C=O) groups excluding carboxylic acids is 1. The van der Waals surface area contributed by atoms with Crippen LogP contribution in [0.5, 0.6) is 5.75 Å². The fourth-order valence-corrected chi connectivity index (χ4v) is 3.86. The summed E-state index contributed by atoms with van der Waals surface area (Å²) < 4.78 is 8.11. The van der Waals surface area contributed by atoms with Crippen LogP contribution < -0.4 is 10.1 Å². The van der Waals surface area contributed by atoms with E-state index in [4.69, 9.17) is 4.74 Å². The fourth-order valence-electron chi connectivity index (χ4n) is 2.05. The van der Waals surface area contributed by atoms with Crippen LogP contribution in [0.1, 0.15) is 12.5 Å². The molecule has 7 heteroatoms. The van der Waals surface area contributed by atoms with Crippen LogP contribution in [0, 0.1) is 0 Å². The molecule has 0 aliphatic carbocycles. The maximum Gasteiger partial charge on any atom is 0.216 e. The molecule has 0 radical (unpaired) electrons. The van der Waals surface area contributed by atoms with Gasteiger partial charge in [-0.25, -0.2) is 0 Å². The van der Waals surface area contributed by atoms with Crippen LogP contribution in [-0.4, -0.2) is 24.5 Å². The molecule has 20 heavy (non-hydrogen) atoms. The molecule has 0 unspecified atom stereocenters. The molecule has 0 bridgehead atoms. The number of carbonyl (C=O) groups is 1. The number of aromatic amines is 1. The van der Waals surface area contributed by atoms with Gasteiger partial charge < -0.3 is 15.0 Å². The zero-order chi connectivity index (χ0) is 14.9. The normalized spacial score (nSPS) is 10.8. The standard InChI is InChI=1S/C13H13Br3N2O2/c1-6(19)17-4-3-7-10-11(15)9(20-2)5-8(14)12(10)18-13(7)16/h5,18H,3-4H2,1-2H3,(H,17,19). The van der Waals surface area contributed by atoms with Gasteiger partial charge in [0, 0.05) is 23.3 Å². The van der Waals surface area contributed by atoms with Crippen molar-refractivity contribution >= 4 is 64.6 Å². The Balaban J connectivity index is 2.50. The molecule has 2 aromatic rings. The molecule has 0 atom stereocenters. The van der Waals surface area contributed by atoms with Crippen LogP contribution in [0.3, 0.4) is 0 Å². The van der Waals surface area contributed by atoms with E-state index in [1.807, 2.05) is 6.07 Å². The fraction of sp³-hybridized carbons (Fsp3) is 0.308. The molecule has 2 N–H and O–H groups in total. The summed E-state index contributed by atoms with van der Waals surface area (Å²) in [5, 5.41) is 3.86. The van der Waals surface area contributed by atoms with Gasteiger partial charge >= 0.3 is 0 Å². The number of hydrogen-bond donors (Lipinski definition) is 2. The predicted octanol–water partition coefficient (Wildman–Crippen LogP) is 4.14. The molecular weight excluding hydrogens is 456 g/mol. The first-order chi connectivity index (χ1) is 9.45. The lowest BCUT2D eigenvalue weighted by molar-refractivity contribution is -0.118. The Morgan fingerprint density at radius 3 is 2.70 bits per heavy atom. The molecule has 0 saturated carbocycles. The van der Waals surface area contributed by atoms with E-state index in [1.54, 1.807) is 7.11 Å². The van der Waals surface area contributed by atoms with Gasteiger partial charge in [-0.3, -0.25) is 4.79 Å². The monoisotopic (exact) mass is 466 g/mol. The number of aromatic nitrogens is 1. The molecule has 2 rings (SSSR count). The van der Waals surface area contributed by atoms with E-state index < -0.39 is 0 Å². The molecule has 0 spiro atoms. The summed E-state index contributed by atoms with van der Waals surface area (Å²) in [5.74, 6) is 0.732. The Kier molecular flexibility index (Phi) is 5.14. The van der Waals surface area contributed by atoms with Gasteiger partial charge in [0.25, 0.3) is 0 Å². The number of rotatable bonds is 4.